The van der Waals surface area contributed by atoms with E-state index in [1.54, 1.807) is 6.26 Å². The Kier molecular flexibility index (Phi) is 6.03. The Morgan fingerprint density at radius 2 is 2.00 bits per heavy atom. The molecule has 0 heterocycles. The summed E-state index contributed by atoms with van der Waals surface area (Å²) in [5.41, 5.74) is 1.22. The normalized spacial score (nSPS) is 14.7. The van der Waals surface area contributed by atoms with Crippen molar-refractivity contribution < 1.29 is 4.21 Å². The Bertz CT molecular complexity index is 339. The van der Waals surface area contributed by atoms with E-state index in [2.05, 4.69) is 12.2 Å². The van der Waals surface area contributed by atoms with Gasteiger partial charge in [-0.1, -0.05) is 23.7 Å². The molecule has 2 atom stereocenters. The summed E-state index contributed by atoms with van der Waals surface area (Å²) in [7, 11) is -0.685. The van der Waals surface area contributed by atoms with Gasteiger partial charge in [0.1, 0.15) is 0 Å². The van der Waals surface area contributed by atoms with E-state index in [4.69, 9.17) is 11.6 Å². The molecule has 0 bridgehead atoms. The molecule has 0 aliphatic carbocycles. The van der Waals surface area contributed by atoms with Crippen LogP contribution in [0.15, 0.2) is 24.3 Å². The minimum atomic E-state index is -0.685. The maximum atomic E-state index is 10.9. The zero-order valence-electron chi connectivity index (χ0n) is 9.70. The van der Waals surface area contributed by atoms with Crippen molar-refractivity contribution in [1.29, 1.82) is 0 Å². The maximum absolute atomic E-state index is 10.9. The van der Waals surface area contributed by atoms with Crippen LogP contribution in [0.5, 0.6) is 0 Å². The quantitative estimate of drug-likeness (QED) is 0.796. The Labute approximate surface area is 105 Å². The van der Waals surface area contributed by atoms with Crippen LogP contribution in [-0.2, 0) is 10.8 Å². The van der Waals surface area contributed by atoms with E-state index in [-0.39, 0.29) is 0 Å². The summed E-state index contributed by atoms with van der Waals surface area (Å²) in [4.78, 5) is 0. The summed E-state index contributed by atoms with van der Waals surface area (Å²) in [6.45, 7) is 3.01. The third-order valence-electron chi connectivity index (χ3n) is 2.43. The number of rotatable bonds is 6. The molecule has 0 saturated heterocycles. The zero-order valence-corrected chi connectivity index (χ0v) is 11.3. The zero-order chi connectivity index (χ0) is 12.0. The molecule has 1 aromatic rings. The van der Waals surface area contributed by atoms with E-state index in [0.29, 0.717) is 6.04 Å². The molecule has 90 valence electrons. The molecule has 1 aromatic carbocycles. The number of hydrogen-bond acceptors (Lipinski definition) is 2. The lowest BCUT2D eigenvalue weighted by molar-refractivity contribution is 0.570. The fourth-order valence-electron chi connectivity index (χ4n) is 1.46. The second kappa shape index (κ2) is 7.05. The fourth-order valence-corrected chi connectivity index (χ4v) is 2.14. The molecule has 0 aliphatic heterocycles. The van der Waals surface area contributed by atoms with Gasteiger partial charge in [-0.05, 0) is 37.6 Å². The van der Waals surface area contributed by atoms with Gasteiger partial charge in [0.05, 0.1) is 0 Å². The van der Waals surface area contributed by atoms with Gasteiger partial charge in [-0.3, -0.25) is 4.21 Å². The summed E-state index contributed by atoms with van der Waals surface area (Å²) in [6, 6.07) is 8.16. The first-order valence-corrected chi connectivity index (χ1v) is 7.49. The van der Waals surface area contributed by atoms with Gasteiger partial charge < -0.3 is 5.32 Å². The van der Waals surface area contributed by atoms with Crippen molar-refractivity contribution in [2.45, 2.75) is 19.4 Å². The van der Waals surface area contributed by atoms with Crippen LogP contribution in [0, 0.1) is 0 Å². The van der Waals surface area contributed by atoms with Gasteiger partial charge in [0.15, 0.2) is 0 Å². The van der Waals surface area contributed by atoms with E-state index < -0.39 is 10.8 Å². The van der Waals surface area contributed by atoms with Crippen LogP contribution in [0.4, 0.5) is 0 Å². The smallest absolute Gasteiger partial charge is 0.0406 e. The van der Waals surface area contributed by atoms with E-state index >= 15 is 0 Å². The van der Waals surface area contributed by atoms with Crippen LogP contribution >= 0.6 is 11.6 Å². The second-order valence-electron chi connectivity index (χ2n) is 3.86. The number of benzene rings is 1. The third-order valence-corrected chi connectivity index (χ3v) is 3.54. The van der Waals surface area contributed by atoms with Crippen LogP contribution in [0.2, 0.25) is 5.02 Å². The topological polar surface area (TPSA) is 29.1 Å². The summed E-state index contributed by atoms with van der Waals surface area (Å²) in [5, 5.41) is 4.16. The average molecular weight is 260 g/mol. The fraction of sp³-hybridized carbons (Fsp3) is 0.500. The number of nitrogens with one attached hydrogen (secondary N) is 1. The van der Waals surface area contributed by atoms with Crippen molar-refractivity contribution >= 4 is 22.4 Å². The van der Waals surface area contributed by atoms with Gasteiger partial charge in [0.2, 0.25) is 0 Å². The lowest BCUT2D eigenvalue weighted by atomic mass is 10.1. The van der Waals surface area contributed by atoms with Crippen molar-refractivity contribution in [1.82, 2.24) is 5.32 Å². The van der Waals surface area contributed by atoms with Crippen molar-refractivity contribution in [2.24, 2.45) is 0 Å². The molecule has 0 aliphatic rings. The van der Waals surface area contributed by atoms with E-state index in [9.17, 15) is 4.21 Å². The summed E-state index contributed by atoms with van der Waals surface area (Å²) in [6.07, 6.45) is 2.68. The lowest BCUT2D eigenvalue weighted by Crippen LogP contribution is -2.21. The van der Waals surface area contributed by atoms with Gasteiger partial charge in [0, 0.05) is 33.9 Å². The molecule has 4 heteroatoms. The first-order chi connectivity index (χ1) is 7.59. The standard InChI is InChI=1S/C12H18ClNOS/c1-10(14-8-3-9-16(2)15)11-4-6-12(13)7-5-11/h4-7,10,14H,3,8-9H2,1-2H3. The first kappa shape index (κ1) is 13.7. The maximum Gasteiger partial charge on any atom is 0.0406 e. The van der Waals surface area contributed by atoms with Crippen molar-refractivity contribution in [3.63, 3.8) is 0 Å². The van der Waals surface area contributed by atoms with Crippen molar-refractivity contribution in [3.05, 3.63) is 34.9 Å². The molecule has 2 unspecified atom stereocenters. The predicted molar refractivity (Wildman–Crippen MR) is 71.4 cm³/mol. The minimum Gasteiger partial charge on any atom is -0.310 e. The molecule has 16 heavy (non-hydrogen) atoms. The van der Waals surface area contributed by atoms with Crippen LogP contribution in [0.25, 0.3) is 0 Å². The highest BCUT2D eigenvalue weighted by atomic mass is 35.5. The Balaban J connectivity index is 2.32. The molecule has 1 N–H and O–H groups in total. The van der Waals surface area contributed by atoms with Gasteiger partial charge in [-0.15, -0.1) is 0 Å². The summed E-state index contributed by atoms with van der Waals surface area (Å²) < 4.78 is 10.9. The average Bonchev–Trinajstić information content (AvgIpc) is 2.25. The molecular weight excluding hydrogens is 242 g/mol. The lowest BCUT2D eigenvalue weighted by Gasteiger charge is -2.13. The summed E-state index contributed by atoms with van der Waals surface area (Å²) in [5.74, 6) is 0.764. The Morgan fingerprint density at radius 3 is 2.56 bits per heavy atom. The van der Waals surface area contributed by atoms with Crippen LogP contribution in [0.1, 0.15) is 24.9 Å². The predicted octanol–water partition coefficient (Wildman–Crippen LogP) is 2.76. The molecule has 0 amide bonds. The largest absolute Gasteiger partial charge is 0.310 e. The van der Waals surface area contributed by atoms with Crippen LogP contribution in [-0.4, -0.2) is 22.8 Å². The Morgan fingerprint density at radius 1 is 1.38 bits per heavy atom. The van der Waals surface area contributed by atoms with E-state index in [1.165, 1.54) is 5.56 Å². The molecule has 0 aromatic heterocycles. The monoisotopic (exact) mass is 259 g/mol. The molecule has 1 rings (SSSR count). The second-order valence-corrected chi connectivity index (χ2v) is 5.85. The first-order valence-electron chi connectivity index (χ1n) is 5.38. The van der Waals surface area contributed by atoms with Gasteiger partial charge >= 0.3 is 0 Å². The molecule has 0 fully saturated rings. The van der Waals surface area contributed by atoms with Gasteiger partial charge in [0.25, 0.3) is 0 Å². The SMILES string of the molecule is CC(NCCCS(C)=O)c1ccc(Cl)cc1. The van der Waals surface area contributed by atoms with Crippen LogP contribution in [0.3, 0.4) is 0 Å². The van der Waals surface area contributed by atoms with Gasteiger partial charge in [-0.2, -0.15) is 0 Å². The highest BCUT2D eigenvalue weighted by molar-refractivity contribution is 7.84. The highest BCUT2D eigenvalue weighted by Crippen LogP contribution is 2.15. The highest BCUT2D eigenvalue weighted by Gasteiger charge is 2.03. The molecule has 0 radical (unpaired) electrons. The number of halogens is 1. The number of hydrogen-bond donors (Lipinski definition) is 1. The van der Waals surface area contributed by atoms with Crippen molar-refractivity contribution in [2.75, 3.05) is 18.6 Å². The minimum absolute atomic E-state index is 0.308. The molecule has 2 nitrogen and oxygen atoms in total. The molecule has 0 spiro atoms. The van der Waals surface area contributed by atoms with E-state index in [1.807, 2.05) is 24.3 Å². The van der Waals surface area contributed by atoms with Gasteiger partial charge in [-0.25, -0.2) is 0 Å². The van der Waals surface area contributed by atoms with E-state index in [0.717, 1.165) is 23.7 Å². The molecular formula is C12H18ClNOS. The Hall–Kier alpha value is -0.380. The third kappa shape index (κ3) is 5.10. The van der Waals surface area contributed by atoms with Crippen molar-refractivity contribution in [3.8, 4) is 0 Å². The van der Waals surface area contributed by atoms with Crippen LogP contribution < -0.4 is 5.32 Å². The molecule has 0 saturated carbocycles. The summed E-state index contributed by atoms with van der Waals surface area (Å²) >= 11 is 5.82.